The molecule has 1 saturated carbocycles. The van der Waals surface area contributed by atoms with E-state index in [-0.39, 0.29) is 17.9 Å². The maximum absolute atomic E-state index is 12.8. The van der Waals surface area contributed by atoms with Crippen LogP contribution in [0.5, 0.6) is 11.5 Å². The summed E-state index contributed by atoms with van der Waals surface area (Å²) in [4.78, 5) is 32.1. The monoisotopic (exact) mass is 356 g/mol. The first-order chi connectivity index (χ1) is 12.6. The van der Waals surface area contributed by atoms with Gasteiger partial charge in [0.15, 0.2) is 11.5 Å². The van der Waals surface area contributed by atoms with Gasteiger partial charge in [-0.25, -0.2) is 4.98 Å². The molecule has 1 amide bonds. The lowest BCUT2D eigenvalue weighted by atomic mass is 10.2. The number of ether oxygens (including phenoxy) is 2. The summed E-state index contributed by atoms with van der Waals surface area (Å²) in [5.41, 5.74) is 1.51. The molecular weight excluding hydrogens is 336 g/mol. The number of nitrogens with one attached hydrogen (secondary N) is 2. The number of fused-ring (bicyclic) bond motifs is 3. The van der Waals surface area contributed by atoms with Gasteiger partial charge in [0.05, 0.1) is 26.1 Å². The minimum Gasteiger partial charge on any atom is -0.493 e. The highest BCUT2D eigenvalue weighted by atomic mass is 16.5. The molecule has 2 aromatic heterocycles. The van der Waals surface area contributed by atoms with E-state index < -0.39 is 0 Å². The van der Waals surface area contributed by atoms with Crippen LogP contribution in [0.15, 0.2) is 23.3 Å². The predicted molar refractivity (Wildman–Crippen MR) is 96.7 cm³/mol. The number of hydrogen-bond acceptors (Lipinski definition) is 5. The van der Waals surface area contributed by atoms with Crippen molar-refractivity contribution in [2.45, 2.75) is 31.8 Å². The normalized spacial score (nSPS) is 13.9. The summed E-state index contributed by atoms with van der Waals surface area (Å²) in [5, 5.41) is 3.70. The summed E-state index contributed by atoms with van der Waals surface area (Å²) in [6.45, 7) is 0.294. The van der Waals surface area contributed by atoms with Crippen molar-refractivity contribution in [2.24, 2.45) is 0 Å². The fourth-order valence-electron chi connectivity index (χ4n) is 3.03. The molecule has 0 aliphatic heterocycles. The molecule has 0 unspecified atom stereocenters. The molecule has 136 valence electrons. The molecule has 3 aromatic rings. The number of aromatic amines is 1. The van der Waals surface area contributed by atoms with E-state index in [9.17, 15) is 9.59 Å². The Hall–Kier alpha value is -3.03. The molecule has 1 aromatic carbocycles. The molecule has 1 aliphatic carbocycles. The van der Waals surface area contributed by atoms with Crippen LogP contribution in [-0.2, 0) is 11.3 Å². The molecule has 8 heteroatoms. The lowest BCUT2D eigenvalue weighted by molar-refractivity contribution is -0.121. The van der Waals surface area contributed by atoms with E-state index >= 15 is 0 Å². The second-order valence-corrected chi connectivity index (χ2v) is 6.44. The van der Waals surface area contributed by atoms with E-state index in [0.29, 0.717) is 35.1 Å². The Morgan fingerprint density at radius 2 is 2.04 bits per heavy atom. The van der Waals surface area contributed by atoms with E-state index in [2.05, 4.69) is 15.3 Å². The van der Waals surface area contributed by atoms with Gasteiger partial charge >= 0.3 is 0 Å². The molecule has 0 spiro atoms. The molecule has 2 N–H and O–H groups in total. The zero-order chi connectivity index (χ0) is 18.3. The predicted octanol–water partition coefficient (Wildman–Crippen LogP) is 1.56. The minimum atomic E-state index is -0.205. The number of methoxy groups -OCH3 is 2. The average Bonchev–Trinajstić information content (AvgIpc) is 3.38. The third-order valence-corrected chi connectivity index (χ3v) is 4.60. The zero-order valence-corrected chi connectivity index (χ0v) is 14.7. The quantitative estimate of drug-likeness (QED) is 0.698. The van der Waals surface area contributed by atoms with Crippen LogP contribution in [0, 0.1) is 0 Å². The Morgan fingerprint density at radius 3 is 2.73 bits per heavy atom. The van der Waals surface area contributed by atoms with Crippen LogP contribution in [0.2, 0.25) is 0 Å². The van der Waals surface area contributed by atoms with Crippen LogP contribution in [-0.4, -0.2) is 40.7 Å². The standard InChI is InChI=1S/C18H20N4O4/c1-25-13-7-11-12(8-14(13)26-2)21-17-16(11)19-9-22(18(17)24)6-5-15(23)20-10-3-4-10/h7-10,21H,3-6H2,1-2H3,(H,20,23). The van der Waals surface area contributed by atoms with Gasteiger partial charge in [0, 0.05) is 30.5 Å². The number of hydrogen-bond donors (Lipinski definition) is 2. The summed E-state index contributed by atoms with van der Waals surface area (Å²) in [6, 6.07) is 3.90. The molecule has 1 aliphatic rings. The van der Waals surface area contributed by atoms with Gasteiger partial charge in [-0.3, -0.25) is 14.2 Å². The van der Waals surface area contributed by atoms with Crippen molar-refractivity contribution in [1.29, 1.82) is 0 Å². The van der Waals surface area contributed by atoms with Crippen molar-refractivity contribution < 1.29 is 14.3 Å². The van der Waals surface area contributed by atoms with E-state index in [1.165, 1.54) is 10.9 Å². The largest absolute Gasteiger partial charge is 0.493 e. The highest BCUT2D eigenvalue weighted by molar-refractivity contribution is 6.05. The molecule has 26 heavy (non-hydrogen) atoms. The van der Waals surface area contributed by atoms with Gasteiger partial charge in [0.1, 0.15) is 11.0 Å². The van der Waals surface area contributed by atoms with Crippen LogP contribution in [0.3, 0.4) is 0 Å². The number of rotatable bonds is 6. The van der Waals surface area contributed by atoms with Crippen molar-refractivity contribution in [3.63, 3.8) is 0 Å². The van der Waals surface area contributed by atoms with Crippen LogP contribution >= 0.6 is 0 Å². The summed E-state index contributed by atoms with van der Waals surface area (Å²) >= 11 is 0. The smallest absolute Gasteiger partial charge is 0.277 e. The Bertz CT molecular complexity index is 1050. The lowest BCUT2D eigenvalue weighted by Crippen LogP contribution is -2.28. The molecule has 1 fully saturated rings. The number of carbonyl (C=O) groups excluding carboxylic acids is 1. The molecule has 0 saturated heterocycles. The van der Waals surface area contributed by atoms with Gasteiger partial charge in [-0.2, -0.15) is 0 Å². The first-order valence-corrected chi connectivity index (χ1v) is 8.53. The third-order valence-electron chi connectivity index (χ3n) is 4.60. The van der Waals surface area contributed by atoms with Gasteiger partial charge in [-0.1, -0.05) is 0 Å². The first-order valence-electron chi connectivity index (χ1n) is 8.53. The lowest BCUT2D eigenvalue weighted by Gasteiger charge is -2.07. The van der Waals surface area contributed by atoms with E-state index in [0.717, 1.165) is 23.7 Å². The maximum atomic E-state index is 12.8. The second-order valence-electron chi connectivity index (χ2n) is 6.44. The fraction of sp³-hybridized carbons (Fsp3) is 0.389. The van der Waals surface area contributed by atoms with Crippen LogP contribution < -0.4 is 20.3 Å². The second kappa shape index (κ2) is 6.36. The summed E-state index contributed by atoms with van der Waals surface area (Å²) in [5.74, 6) is 1.11. The van der Waals surface area contributed by atoms with Gasteiger partial charge < -0.3 is 19.8 Å². The zero-order valence-electron chi connectivity index (χ0n) is 14.7. The average molecular weight is 356 g/mol. The first kappa shape index (κ1) is 16.4. The van der Waals surface area contributed by atoms with Crippen LogP contribution in [0.1, 0.15) is 19.3 Å². The van der Waals surface area contributed by atoms with Gasteiger partial charge in [-0.15, -0.1) is 0 Å². The van der Waals surface area contributed by atoms with E-state index in [1.54, 1.807) is 26.4 Å². The van der Waals surface area contributed by atoms with Crippen molar-refractivity contribution in [2.75, 3.05) is 14.2 Å². The highest BCUT2D eigenvalue weighted by Crippen LogP contribution is 2.34. The molecule has 0 bridgehead atoms. The highest BCUT2D eigenvalue weighted by Gasteiger charge is 2.23. The minimum absolute atomic E-state index is 0.0365. The third kappa shape index (κ3) is 2.87. The number of benzene rings is 1. The van der Waals surface area contributed by atoms with Crippen LogP contribution in [0.4, 0.5) is 0 Å². The molecule has 0 radical (unpaired) electrons. The van der Waals surface area contributed by atoms with Gasteiger partial charge in [0.25, 0.3) is 5.56 Å². The summed E-state index contributed by atoms with van der Waals surface area (Å²) in [7, 11) is 3.12. The molecule has 4 rings (SSSR count). The number of amides is 1. The van der Waals surface area contributed by atoms with Crippen molar-refractivity contribution in [1.82, 2.24) is 19.9 Å². The van der Waals surface area contributed by atoms with E-state index in [1.807, 2.05) is 0 Å². The van der Waals surface area contributed by atoms with Crippen LogP contribution in [0.25, 0.3) is 21.9 Å². The molecular formula is C18H20N4O4. The Morgan fingerprint density at radius 1 is 1.31 bits per heavy atom. The number of H-pyrrole nitrogens is 1. The molecule has 0 atom stereocenters. The SMILES string of the molecule is COc1cc2[nH]c3c(=O)n(CCC(=O)NC4CC4)cnc3c2cc1OC. The summed E-state index contributed by atoms with van der Waals surface area (Å²) < 4.78 is 12.1. The molecule has 2 heterocycles. The number of aryl methyl sites for hydroxylation is 1. The van der Waals surface area contributed by atoms with Gasteiger partial charge in [-0.05, 0) is 18.9 Å². The van der Waals surface area contributed by atoms with Crippen molar-refractivity contribution >= 4 is 27.8 Å². The van der Waals surface area contributed by atoms with Gasteiger partial charge in [0.2, 0.25) is 5.91 Å². The Labute approximate surface area is 149 Å². The number of nitrogens with zero attached hydrogens (tertiary/aromatic N) is 2. The number of carbonyl (C=O) groups is 1. The number of aromatic nitrogens is 3. The van der Waals surface area contributed by atoms with Crippen molar-refractivity contribution in [3.8, 4) is 11.5 Å². The Kier molecular flexibility index (Phi) is 4.02. The summed E-state index contributed by atoms with van der Waals surface area (Å²) in [6.07, 6.45) is 3.83. The van der Waals surface area contributed by atoms with E-state index in [4.69, 9.17) is 9.47 Å². The Balaban J connectivity index is 1.69. The fourth-order valence-corrected chi connectivity index (χ4v) is 3.03. The maximum Gasteiger partial charge on any atom is 0.277 e. The van der Waals surface area contributed by atoms with Crippen molar-refractivity contribution in [3.05, 3.63) is 28.8 Å². The molecule has 8 nitrogen and oxygen atoms in total. The topological polar surface area (TPSA) is 98.2 Å².